The summed E-state index contributed by atoms with van der Waals surface area (Å²) in [5.74, 6) is 0.692. The number of H-pyrrole nitrogens is 1. The smallest absolute Gasteiger partial charge is 0.264 e. The summed E-state index contributed by atoms with van der Waals surface area (Å²) in [5.41, 5.74) is 2.30. The summed E-state index contributed by atoms with van der Waals surface area (Å²) in [6.45, 7) is 2.04. The van der Waals surface area contributed by atoms with Gasteiger partial charge in [0.05, 0.1) is 11.8 Å². The Bertz CT molecular complexity index is 869. The molecule has 0 amide bonds. The van der Waals surface area contributed by atoms with Gasteiger partial charge in [-0.15, -0.1) is 0 Å². The van der Waals surface area contributed by atoms with E-state index in [0.717, 1.165) is 28.3 Å². The van der Waals surface area contributed by atoms with Gasteiger partial charge in [0, 0.05) is 18.1 Å². The van der Waals surface area contributed by atoms with E-state index in [-0.39, 0.29) is 12.2 Å². The van der Waals surface area contributed by atoms with E-state index in [1.165, 1.54) is 6.07 Å². The molecule has 0 saturated heterocycles. The van der Waals surface area contributed by atoms with E-state index in [0.29, 0.717) is 12.2 Å². The lowest BCUT2D eigenvalue weighted by atomic mass is 9.98. The van der Waals surface area contributed by atoms with E-state index < -0.39 is 16.2 Å². The molecule has 0 fully saturated rings. The highest BCUT2D eigenvalue weighted by molar-refractivity contribution is 7.86. The maximum atomic E-state index is 11.4. The molecule has 0 saturated carbocycles. The molecular formula is C14H15NO5S. The monoisotopic (exact) mass is 309 g/mol. The molecule has 2 heterocycles. The van der Waals surface area contributed by atoms with Crippen LogP contribution >= 0.6 is 0 Å². The first-order valence-electron chi connectivity index (χ1n) is 6.50. The van der Waals surface area contributed by atoms with Crippen LogP contribution in [0.5, 0.6) is 5.75 Å². The van der Waals surface area contributed by atoms with Crippen molar-refractivity contribution in [2.24, 2.45) is 0 Å². The van der Waals surface area contributed by atoms with Gasteiger partial charge in [-0.3, -0.25) is 8.98 Å². The zero-order valence-corrected chi connectivity index (χ0v) is 12.5. The van der Waals surface area contributed by atoms with Crippen molar-refractivity contribution in [3.8, 4) is 5.75 Å². The zero-order valence-electron chi connectivity index (χ0n) is 11.7. The Kier molecular flexibility index (Phi) is 3.26. The predicted molar refractivity (Wildman–Crippen MR) is 78.2 cm³/mol. The fraction of sp³-hybridized carbons (Fsp3) is 0.357. The quantitative estimate of drug-likeness (QED) is 0.840. The summed E-state index contributed by atoms with van der Waals surface area (Å²) in [5, 5.41) is 0.884. The third-order valence-corrected chi connectivity index (χ3v) is 4.08. The van der Waals surface area contributed by atoms with E-state index in [9.17, 15) is 13.2 Å². The lowest BCUT2D eigenvalue weighted by Crippen LogP contribution is -2.31. The fourth-order valence-electron chi connectivity index (χ4n) is 2.67. The van der Waals surface area contributed by atoms with Crippen molar-refractivity contribution in [3.05, 3.63) is 39.7 Å². The molecule has 0 bridgehead atoms. The number of hydrogen-bond donors (Lipinski definition) is 1. The van der Waals surface area contributed by atoms with Gasteiger partial charge in [-0.05, 0) is 30.0 Å². The molecule has 1 aromatic carbocycles. The van der Waals surface area contributed by atoms with E-state index in [4.69, 9.17) is 8.92 Å². The number of rotatable bonds is 2. The van der Waals surface area contributed by atoms with Crippen molar-refractivity contribution in [3.63, 3.8) is 0 Å². The van der Waals surface area contributed by atoms with Gasteiger partial charge in [-0.1, -0.05) is 0 Å². The first-order valence-corrected chi connectivity index (χ1v) is 8.32. The minimum absolute atomic E-state index is 0.167. The molecule has 2 aromatic rings. The van der Waals surface area contributed by atoms with Crippen LogP contribution in [0.15, 0.2) is 23.0 Å². The molecule has 1 aliphatic heterocycles. The second kappa shape index (κ2) is 4.85. The highest BCUT2D eigenvalue weighted by Crippen LogP contribution is 2.34. The van der Waals surface area contributed by atoms with Gasteiger partial charge in [0.25, 0.3) is 10.1 Å². The molecule has 0 spiro atoms. The van der Waals surface area contributed by atoms with Gasteiger partial charge in [0.15, 0.2) is 0 Å². The van der Waals surface area contributed by atoms with Gasteiger partial charge < -0.3 is 9.72 Å². The minimum atomic E-state index is -3.51. The van der Waals surface area contributed by atoms with Crippen LogP contribution < -0.4 is 10.3 Å². The molecule has 1 N–H and O–H groups in total. The van der Waals surface area contributed by atoms with E-state index >= 15 is 0 Å². The van der Waals surface area contributed by atoms with Crippen LogP contribution in [0.2, 0.25) is 0 Å². The summed E-state index contributed by atoms with van der Waals surface area (Å²) in [4.78, 5) is 14.2. The third-order valence-electron chi connectivity index (χ3n) is 3.46. The Morgan fingerprint density at radius 1 is 1.38 bits per heavy atom. The lowest BCUT2D eigenvalue weighted by Gasteiger charge is -2.26. The molecule has 0 aliphatic carbocycles. The molecule has 1 aromatic heterocycles. The van der Waals surface area contributed by atoms with Gasteiger partial charge in [0.2, 0.25) is 5.56 Å². The SMILES string of the molecule is Cc1c2c(cc3ccc(=O)[nH]c13)CC(OS(C)(=O)=O)CO2. The molecule has 112 valence electrons. The number of hydrogen-bond acceptors (Lipinski definition) is 5. The molecule has 21 heavy (non-hydrogen) atoms. The van der Waals surface area contributed by atoms with Crippen LogP contribution in [0.1, 0.15) is 11.1 Å². The zero-order chi connectivity index (χ0) is 15.2. The number of aromatic amines is 1. The first kappa shape index (κ1) is 14.1. The molecule has 1 atom stereocenters. The minimum Gasteiger partial charge on any atom is -0.490 e. The number of pyridine rings is 1. The fourth-order valence-corrected chi connectivity index (χ4v) is 3.28. The largest absolute Gasteiger partial charge is 0.490 e. The Morgan fingerprint density at radius 3 is 2.86 bits per heavy atom. The molecule has 3 rings (SSSR count). The number of aromatic nitrogens is 1. The number of nitrogens with one attached hydrogen (secondary N) is 1. The second-order valence-electron chi connectivity index (χ2n) is 5.21. The van der Waals surface area contributed by atoms with Gasteiger partial charge in [-0.25, -0.2) is 0 Å². The van der Waals surface area contributed by atoms with Crippen LogP contribution in [0.25, 0.3) is 10.9 Å². The molecule has 7 heteroatoms. The number of ether oxygens (including phenoxy) is 1. The Morgan fingerprint density at radius 2 is 2.14 bits per heavy atom. The van der Waals surface area contributed by atoms with Gasteiger partial charge in [-0.2, -0.15) is 8.42 Å². The topological polar surface area (TPSA) is 85.5 Å². The third kappa shape index (κ3) is 2.79. The van der Waals surface area contributed by atoms with E-state index in [1.807, 2.05) is 13.0 Å². The van der Waals surface area contributed by atoms with Crippen LogP contribution in [0, 0.1) is 6.92 Å². The number of aryl methyl sites for hydroxylation is 1. The van der Waals surface area contributed by atoms with E-state index in [1.54, 1.807) is 6.07 Å². The van der Waals surface area contributed by atoms with Crippen LogP contribution in [-0.4, -0.2) is 32.4 Å². The van der Waals surface area contributed by atoms with Crippen molar-refractivity contribution < 1.29 is 17.3 Å². The lowest BCUT2D eigenvalue weighted by molar-refractivity contribution is 0.118. The van der Waals surface area contributed by atoms with Gasteiger partial charge in [0.1, 0.15) is 18.5 Å². The normalized spacial score (nSPS) is 18.3. The molecule has 1 aliphatic rings. The number of fused-ring (bicyclic) bond motifs is 2. The van der Waals surface area contributed by atoms with Crippen molar-refractivity contribution >= 4 is 21.0 Å². The predicted octanol–water partition coefficient (Wildman–Crippen LogP) is 1.12. The van der Waals surface area contributed by atoms with Crippen molar-refractivity contribution in [2.75, 3.05) is 12.9 Å². The first-order chi connectivity index (χ1) is 9.83. The Balaban J connectivity index is 2.05. The Hall–Kier alpha value is -1.86. The molecule has 6 nitrogen and oxygen atoms in total. The van der Waals surface area contributed by atoms with Crippen molar-refractivity contribution in [1.82, 2.24) is 4.98 Å². The summed E-state index contributed by atoms with van der Waals surface area (Å²) in [7, 11) is -3.51. The molecular weight excluding hydrogens is 294 g/mol. The second-order valence-corrected chi connectivity index (χ2v) is 6.81. The summed E-state index contributed by atoms with van der Waals surface area (Å²) >= 11 is 0. The van der Waals surface area contributed by atoms with Crippen molar-refractivity contribution in [2.45, 2.75) is 19.4 Å². The van der Waals surface area contributed by atoms with Crippen LogP contribution in [0.4, 0.5) is 0 Å². The maximum Gasteiger partial charge on any atom is 0.264 e. The average Bonchev–Trinajstić information content (AvgIpc) is 2.38. The molecule has 0 radical (unpaired) electrons. The van der Waals surface area contributed by atoms with Gasteiger partial charge >= 0.3 is 0 Å². The number of benzene rings is 1. The summed E-state index contributed by atoms with van der Waals surface area (Å²) in [6.07, 6.45) is 0.962. The highest BCUT2D eigenvalue weighted by atomic mass is 32.2. The standard InChI is InChI=1S/C14H15NO5S/c1-8-13-9(3-4-12(16)15-13)5-10-6-11(7-19-14(8)10)20-21(2,17)18/h3-5,11H,6-7H2,1-2H3,(H,15,16). The summed E-state index contributed by atoms with van der Waals surface area (Å²) < 4.78 is 33.1. The van der Waals surface area contributed by atoms with Crippen LogP contribution in [-0.2, 0) is 20.7 Å². The Labute approximate surface area is 121 Å². The van der Waals surface area contributed by atoms with E-state index in [2.05, 4.69) is 4.98 Å². The maximum absolute atomic E-state index is 11.4. The average molecular weight is 309 g/mol. The van der Waals surface area contributed by atoms with Crippen molar-refractivity contribution in [1.29, 1.82) is 0 Å². The molecule has 1 unspecified atom stereocenters. The highest BCUT2D eigenvalue weighted by Gasteiger charge is 2.26. The summed E-state index contributed by atoms with van der Waals surface area (Å²) in [6, 6.07) is 5.09. The van der Waals surface area contributed by atoms with Crippen LogP contribution in [0.3, 0.4) is 0 Å².